The summed E-state index contributed by atoms with van der Waals surface area (Å²) in [4.78, 5) is 26.8. The fraction of sp³-hybridized carbons (Fsp3) is 0.0968. The van der Waals surface area contributed by atoms with Crippen molar-refractivity contribution in [3.63, 3.8) is 0 Å². The third-order valence-corrected chi connectivity index (χ3v) is 7.73. The number of hydrogen-bond donors (Lipinski definition) is 1. The molecule has 1 N–H and O–H groups in total. The van der Waals surface area contributed by atoms with Crippen LogP contribution in [0.4, 0.5) is 10.7 Å². The number of anilines is 1. The normalized spacial score (nSPS) is 13.8. The van der Waals surface area contributed by atoms with Gasteiger partial charge in [-0.3, -0.25) is 4.98 Å². The van der Waals surface area contributed by atoms with E-state index in [0.717, 1.165) is 44.6 Å². The summed E-state index contributed by atoms with van der Waals surface area (Å²) < 4.78 is 0. The molecule has 0 unspecified atom stereocenters. The van der Waals surface area contributed by atoms with Crippen molar-refractivity contribution in [3.8, 4) is 22.4 Å². The van der Waals surface area contributed by atoms with Crippen molar-refractivity contribution in [1.82, 2.24) is 15.0 Å². The maximum Gasteiger partial charge on any atom is 0.414 e. The molecule has 1 aliphatic carbocycles. The Bertz CT molecular complexity index is 1680. The van der Waals surface area contributed by atoms with Crippen LogP contribution in [0.5, 0.6) is 0 Å². The highest BCUT2D eigenvalue weighted by Crippen LogP contribution is 2.43. The van der Waals surface area contributed by atoms with Crippen molar-refractivity contribution < 1.29 is 9.90 Å². The van der Waals surface area contributed by atoms with Crippen molar-refractivity contribution in [2.45, 2.75) is 18.9 Å². The van der Waals surface area contributed by atoms with Crippen LogP contribution in [0.25, 0.3) is 22.4 Å². The number of aromatic nitrogens is 3. The minimum Gasteiger partial charge on any atom is -0.465 e. The minimum absolute atomic E-state index is 0.0485. The number of halogens is 2. The van der Waals surface area contributed by atoms with Crippen LogP contribution in [-0.4, -0.2) is 26.2 Å². The van der Waals surface area contributed by atoms with Gasteiger partial charge >= 0.3 is 6.09 Å². The molecule has 2 aromatic heterocycles. The van der Waals surface area contributed by atoms with Crippen molar-refractivity contribution in [2.24, 2.45) is 0 Å². The molecule has 3 aromatic carbocycles. The second-order valence-corrected chi connectivity index (χ2v) is 10.2. The Labute approximate surface area is 235 Å². The van der Waals surface area contributed by atoms with Crippen LogP contribution in [0.2, 0.25) is 10.0 Å². The molecule has 0 fully saturated rings. The van der Waals surface area contributed by atoms with E-state index in [1.54, 1.807) is 18.6 Å². The van der Waals surface area contributed by atoms with E-state index in [1.165, 1.54) is 4.90 Å². The molecular formula is C31H22Cl2N4O2. The molecule has 39 heavy (non-hydrogen) atoms. The van der Waals surface area contributed by atoms with Crippen LogP contribution < -0.4 is 4.90 Å². The van der Waals surface area contributed by atoms with E-state index in [1.807, 2.05) is 72.8 Å². The Balaban J connectivity index is 1.32. The molecule has 1 amide bonds. The lowest BCUT2D eigenvalue weighted by molar-refractivity contribution is 0.201. The fourth-order valence-corrected chi connectivity index (χ4v) is 5.34. The summed E-state index contributed by atoms with van der Waals surface area (Å²) in [5, 5.41) is 11.1. The van der Waals surface area contributed by atoms with Gasteiger partial charge in [0, 0.05) is 30.1 Å². The van der Waals surface area contributed by atoms with Crippen LogP contribution in [0, 0.1) is 0 Å². The molecule has 0 radical (unpaired) electrons. The van der Waals surface area contributed by atoms with Crippen molar-refractivity contribution in [3.05, 3.63) is 130 Å². The van der Waals surface area contributed by atoms with E-state index in [4.69, 9.17) is 28.2 Å². The first-order chi connectivity index (χ1) is 19.0. The Kier molecular flexibility index (Phi) is 6.73. The van der Waals surface area contributed by atoms with Gasteiger partial charge in [0.15, 0.2) is 0 Å². The van der Waals surface area contributed by atoms with Crippen LogP contribution in [0.1, 0.15) is 28.2 Å². The first-order valence-electron chi connectivity index (χ1n) is 12.4. The third kappa shape index (κ3) is 4.97. The first-order valence-corrected chi connectivity index (χ1v) is 13.1. The summed E-state index contributed by atoms with van der Waals surface area (Å²) in [7, 11) is 0. The minimum atomic E-state index is -1.12. The van der Waals surface area contributed by atoms with E-state index in [2.05, 4.69) is 16.0 Å². The Hall–Kier alpha value is -4.26. The van der Waals surface area contributed by atoms with Gasteiger partial charge in [-0.05, 0) is 64.1 Å². The van der Waals surface area contributed by atoms with Crippen LogP contribution in [-0.2, 0) is 13.0 Å². The quantitative estimate of drug-likeness (QED) is 0.240. The lowest BCUT2D eigenvalue weighted by atomic mass is 9.78. The Morgan fingerprint density at radius 3 is 2.41 bits per heavy atom. The number of pyridine rings is 1. The van der Waals surface area contributed by atoms with Gasteiger partial charge in [-0.1, -0.05) is 77.8 Å². The maximum atomic E-state index is 12.3. The predicted molar refractivity (Wildman–Crippen MR) is 153 cm³/mol. The van der Waals surface area contributed by atoms with Crippen LogP contribution in [0.15, 0.2) is 97.5 Å². The first kappa shape index (κ1) is 25.0. The molecule has 2 heterocycles. The number of carbonyl (C=O) groups is 1. The molecule has 192 valence electrons. The second kappa shape index (κ2) is 10.5. The molecule has 0 saturated carbocycles. The largest absolute Gasteiger partial charge is 0.465 e. The van der Waals surface area contributed by atoms with Gasteiger partial charge in [0.25, 0.3) is 0 Å². The van der Waals surface area contributed by atoms with Gasteiger partial charge < -0.3 is 5.11 Å². The molecule has 0 spiro atoms. The van der Waals surface area contributed by atoms with E-state index in [0.29, 0.717) is 16.5 Å². The summed E-state index contributed by atoms with van der Waals surface area (Å²) in [5.74, 6) is 0.189. The lowest BCUT2D eigenvalue weighted by Crippen LogP contribution is -2.31. The fourth-order valence-electron chi connectivity index (χ4n) is 5.04. The molecule has 1 aliphatic rings. The standard InChI is InChI=1S/C31H22Cl2N4O2/c32-27-10-9-22(16-28(27)33)26-15-23-17-35-30(36-29(23)25-4-2-1-3-24(25)26)37(31(38)39)18-19-5-7-20(8-6-19)21-11-13-34-14-12-21/h1-14,16-17,26H,15,18H2,(H,38,39)/t26-/m0/s1. The SMILES string of the molecule is O=C(O)N(Cc1ccc(-c2ccncc2)cc1)c1ncc2c(n1)-c1ccccc1[C@H](c1ccc(Cl)c(Cl)c1)C2. The molecular weight excluding hydrogens is 531 g/mol. The monoisotopic (exact) mass is 552 g/mol. The Morgan fingerprint density at radius 1 is 0.923 bits per heavy atom. The molecule has 6 rings (SSSR count). The average molecular weight is 553 g/mol. The van der Waals surface area contributed by atoms with E-state index in [9.17, 15) is 9.90 Å². The van der Waals surface area contributed by atoms with Gasteiger partial charge in [0.05, 0.1) is 22.3 Å². The van der Waals surface area contributed by atoms with Gasteiger partial charge in [-0.25, -0.2) is 19.7 Å². The molecule has 0 bridgehead atoms. The summed E-state index contributed by atoms with van der Waals surface area (Å²) in [6.45, 7) is 0.123. The summed E-state index contributed by atoms with van der Waals surface area (Å²) in [5.41, 5.74) is 7.69. The molecule has 8 heteroatoms. The molecule has 0 aliphatic heterocycles. The highest BCUT2D eigenvalue weighted by Gasteiger charge is 2.29. The highest BCUT2D eigenvalue weighted by molar-refractivity contribution is 6.42. The van der Waals surface area contributed by atoms with Crippen LogP contribution >= 0.6 is 23.2 Å². The van der Waals surface area contributed by atoms with Gasteiger partial charge in [0.1, 0.15) is 0 Å². The van der Waals surface area contributed by atoms with E-state index < -0.39 is 6.09 Å². The lowest BCUT2D eigenvalue weighted by Gasteiger charge is -2.28. The van der Waals surface area contributed by atoms with Gasteiger partial charge in [-0.15, -0.1) is 0 Å². The number of benzene rings is 3. The smallest absolute Gasteiger partial charge is 0.414 e. The van der Waals surface area contributed by atoms with Crippen molar-refractivity contribution in [2.75, 3.05) is 4.90 Å². The van der Waals surface area contributed by atoms with E-state index in [-0.39, 0.29) is 18.4 Å². The van der Waals surface area contributed by atoms with Crippen LogP contribution in [0.3, 0.4) is 0 Å². The maximum absolute atomic E-state index is 12.3. The van der Waals surface area contributed by atoms with Gasteiger partial charge in [-0.2, -0.15) is 0 Å². The zero-order chi connectivity index (χ0) is 26.9. The van der Waals surface area contributed by atoms with Crippen molar-refractivity contribution >= 4 is 35.2 Å². The number of rotatable bonds is 5. The molecule has 0 saturated heterocycles. The van der Waals surface area contributed by atoms with Crippen molar-refractivity contribution in [1.29, 1.82) is 0 Å². The topological polar surface area (TPSA) is 79.2 Å². The number of hydrogen-bond acceptors (Lipinski definition) is 4. The number of nitrogens with zero attached hydrogens (tertiary/aromatic N) is 4. The molecule has 6 nitrogen and oxygen atoms in total. The zero-order valence-electron chi connectivity index (χ0n) is 20.6. The predicted octanol–water partition coefficient (Wildman–Crippen LogP) is 7.89. The Morgan fingerprint density at radius 2 is 1.67 bits per heavy atom. The number of carboxylic acid groups (broad SMARTS) is 1. The summed E-state index contributed by atoms with van der Waals surface area (Å²) >= 11 is 12.5. The average Bonchev–Trinajstić information content (AvgIpc) is 2.97. The molecule has 1 atom stereocenters. The van der Waals surface area contributed by atoms with Gasteiger partial charge in [0.2, 0.25) is 5.95 Å². The zero-order valence-corrected chi connectivity index (χ0v) is 22.1. The summed E-state index contributed by atoms with van der Waals surface area (Å²) in [6.07, 6.45) is 4.77. The highest BCUT2D eigenvalue weighted by atomic mass is 35.5. The number of amides is 1. The third-order valence-electron chi connectivity index (χ3n) is 6.99. The summed E-state index contributed by atoms with van der Waals surface area (Å²) in [6, 6.07) is 25.4. The molecule has 5 aromatic rings. The second-order valence-electron chi connectivity index (χ2n) is 9.36. The number of fused-ring (bicyclic) bond motifs is 3. The van der Waals surface area contributed by atoms with E-state index >= 15 is 0 Å².